The van der Waals surface area contributed by atoms with Crippen molar-refractivity contribution in [3.63, 3.8) is 0 Å². The van der Waals surface area contributed by atoms with Gasteiger partial charge in [0.15, 0.2) is 0 Å². The zero-order valence-corrected chi connectivity index (χ0v) is 13.2. The average Bonchev–Trinajstić information content (AvgIpc) is 3.07. The van der Waals surface area contributed by atoms with Gasteiger partial charge in [-0.05, 0) is 30.0 Å². The summed E-state index contributed by atoms with van der Waals surface area (Å²) < 4.78 is 23.8. The third kappa shape index (κ3) is 3.75. The summed E-state index contributed by atoms with van der Waals surface area (Å²) in [6.45, 7) is 0. The molecule has 0 spiro atoms. The second-order valence-electron chi connectivity index (χ2n) is 5.33. The highest BCUT2D eigenvalue weighted by Crippen LogP contribution is 2.26. The molecule has 2 aromatic carbocycles. The van der Waals surface area contributed by atoms with Crippen LogP contribution in [0.1, 0.15) is 22.9 Å². The molecule has 122 valence electrons. The summed E-state index contributed by atoms with van der Waals surface area (Å²) >= 11 is 0. The van der Waals surface area contributed by atoms with Crippen LogP contribution >= 0.6 is 0 Å². The Bertz CT molecular complexity index is 774. The van der Waals surface area contributed by atoms with Crippen LogP contribution in [0.3, 0.4) is 0 Å². The molecule has 1 aliphatic heterocycles. The Balaban J connectivity index is 1.95. The van der Waals surface area contributed by atoms with E-state index in [2.05, 4.69) is 34.1 Å². The third-order valence-electron chi connectivity index (χ3n) is 3.77. The largest absolute Gasteiger partial charge is 0.238 e. The zero-order chi connectivity index (χ0) is 16.3. The maximum atomic E-state index is 11.9. The molecular weight excluding hydrogens is 314 g/mol. The average molecular weight is 333 g/mol. The van der Waals surface area contributed by atoms with Crippen molar-refractivity contribution in [2.75, 3.05) is 0 Å². The molecule has 0 aliphatic carbocycles. The molecule has 2 aromatic rings. The van der Waals surface area contributed by atoms with Gasteiger partial charge in [-0.3, -0.25) is 0 Å². The molecule has 1 heterocycles. The number of rotatable bonds is 5. The minimum Gasteiger partial charge on any atom is -0.225 e. The number of primary sulfonamides is 1. The maximum absolute atomic E-state index is 11.9. The Morgan fingerprint density at radius 1 is 0.913 bits per heavy atom. The van der Waals surface area contributed by atoms with Crippen molar-refractivity contribution in [1.82, 2.24) is 21.9 Å². The summed E-state index contributed by atoms with van der Waals surface area (Å²) in [7, 11) is -3.81. The standard InChI is InChI=1S/C15H19N5O2S/c16-23(21,22)13-8-4-7-12(14(13)15-17-19-20-18-15)10-9-11-5-2-1-3-6-11/h1-8,15,17-20H,9-10H2,(H2,16,21,22). The molecule has 7 nitrogen and oxygen atoms in total. The Hall–Kier alpha value is -1.81. The highest BCUT2D eigenvalue weighted by molar-refractivity contribution is 7.89. The van der Waals surface area contributed by atoms with E-state index in [0.717, 1.165) is 12.0 Å². The van der Waals surface area contributed by atoms with Gasteiger partial charge in [0.2, 0.25) is 10.0 Å². The summed E-state index contributed by atoms with van der Waals surface area (Å²) in [6.07, 6.45) is 1.13. The summed E-state index contributed by atoms with van der Waals surface area (Å²) in [5.74, 6) is 0. The summed E-state index contributed by atoms with van der Waals surface area (Å²) in [5.41, 5.74) is 14.0. The Morgan fingerprint density at radius 2 is 1.61 bits per heavy atom. The number of hydrogen-bond donors (Lipinski definition) is 5. The molecule has 0 unspecified atom stereocenters. The Morgan fingerprint density at radius 3 is 2.26 bits per heavy atom. The van der Waals surface area contributed by atoms with Crippen LogP contribution in [0.4, 0.5) is 0 Å². The minimum atomic E-state index is -3.81. The fraction of sp³-hybridized carbons (Fsp3) is 0.200. The fourth-order valence-electron chi connectivity index (χ4n) is 2.70. The van der Waals surface area contributed by atoms with E-state index in [-0.39, 0.29) is 4.90 Å². The molecule has 0 aromatic heterocycles. The van der Waals surface area contributed by atoms with Crippen LogP contribution in [-0.2, 0) is 22.9 Å². The van der Waals surface area contributed by atoms with Crippen molar-refractivity contribution in [3.8, 4) is 0 Å². The molecule has 6 N–H and O–H groups in total. The lowest BCUT2D eigenvalue weighted by Gasteiger charge is -2.18. The van der Waals surface area contributed by atoms with Crippen LogP contribution in [0.25, 0.3) is 0 Å². The number of benzene rings is 2. The molecule has 0 amide bonds. The van der Waals surface area contributed by atoms with Crippen molar-refractivity contribution in [2.24, 2.45) is 5.14 Å². The lowest BCUT2D eigenvalue weighted by molar-refractivity contribution is 0.533. The van der Waals surface area contributed by atoms with E-state index in [1.165, 1.54) is 11.6 Å². The van der Waals surface area contributed by atoms with Gasteiger partial charge in [0.05, 0.1) is 4.90 Å². The normalized spacial score (nSPS) is 15.9. The molecule has 23 heavy (non-hydrogen) atoms. The first-order valence-corrected chi connectivity index (χ1v) is 8.80. The number of nitrogens with two attached hydrogens (primary N) is 1. The molecule has 3 rings (SSSR count). The van der Waals surface area contributed by atoms with Gasteiger partial charge in [0.25, 0.3) is 0 Å². The minimum absolute atomic E-state index is 0.124. The number of aryl methyl sites for hydroxylation is 2. The summed E-state index contributed by atoms with van der Waals surface area (Å²) in [6, 6.07) is 15.2. The van der Waals surface area contributed by atoms with Crippen LogP contribution in [-0.4, -0.2) is 8.42 Å². The Kier molecular flexibility index (Phi) is 4.71. The van der Waals surface area contributed by atoms with Crippen LogP contribution < -0.4 is 27.1 Å². The SMILES string of the molecule is NS(=O)(=O)c1cccc(CCc2ccccc2)c1C1NNNN1. The topological polar surface area (TPSA) is 108 Å². The number of hydrogen-bond acceptors (Lipinski definition) is 6. The molecule has 1 fully saturated rings. The van der Waals surface area contributed by atoms with Gasteiger partial charge in [0, 0.05) is 5.56 Å². The van der Waals surface area contributed by atoms with Gasteiger partial charge in [-0.25, -0.2) is 24.4 Å². The highest BCUT2D eigenvalue weighted by Gasteiger charge is 2.26. The fourth-order valence-corrected chi connectivity index (χ4v) is 3.53. The quantitative estimate of drug-likeness (QED) is 0.536. The third-order valence-corrected chi connectivity index (χ3v) is 4.74. The van der Waals surface area contributed by atoms with Gasteiger partial charge in [0.1, 0.15) is 6.17 Å². The Labute approximate surface area is 135 Å². The van der Waals surface area contributed by atoms with Crippen LogP contribution in [0.15, 0.2) is 53.4 Å². The van der Waals surface area contributed by atoms with Crippen molar-refractivity contribution < 1.29 is 8.42 Å². The summed E-state index contributed by atoms with van der Waals surface area (Å²) in [5, 5.41) is 5.38. The predicted octanol–water partition coefficient (Wildman–Crippen LogP) is 0.235. The van der Waals surface area contributed by atoms with Crippen molar-refractivity contribution in [2.45, 2.75) is 23.9 Å². The van der Waals surface area contributed by atoms with Gasteiger partial charge in [-0.1, -0.05) is 42.5 Å². The lowest BCUT2D eigenvalue weighted by Crippen LogP contribution is -2.33. The van der Waals surface area contributed by atoms with Crippen LogP contribution in [0.5, 0.6) is 0 Å². The van der Waals surface area contributed by atoms with Gasteiger partial charge in [-0.15, -0.1) is 0 Å². The van der Waals surface area contributed by atoms with E-state index >= 15 is 0 Å². The van der Waals surface area contributed by atoms with Crippen molar-refractivity contribution in [1.29, 1.82) is 0 Å². The number of hydrazine groups is 3. The molecule has 1 saturated heterocycles. The zero-order valence-electron chi connectivity index (χ0n) is 12.4. The van der Waals surface area contributed by atoms with E-state index in [1.807, 2.05) is 24.3 Å². The molecule has 0 bridgehead atoms. The first-order valence-electron chi connectivity index (χ1n) is 7.25. The van der Waals surface area contributed by atoms with E-state index in [4.69, 9.17) is 5.14 Å². The first-order chi connectivity index (χ1) is 11.1. The second-order valence-corrected chi connectivity index (χ2v) is 6.86. The molecule has 8 heteroatoms. The molecule has 0 radical (unpaired) electrons. The van der Waals surface area contributed by atoms with E-state index in [0.29, 0.717) is 12.0 Å². The number of nitrogens with one attached hydrogen (secondary N) is 4. The smallest absolute Gasteiger partial charge is 0.225 e. The predicted molar refractivity (Wildman–Crippen MR) is 86.9 cm³/mol. The highest BCUT2D eigenvalue weighted by atomic mass is 32.2. The first kappa shape index (κ1) is 16.1. The second kappa shape index (κ2) is 6.75. The summed E-state index contributed by atoms with van der Waals surface area (Å²) in [4.78, 5) is 0.124. The monoisotopic (exact) mass is 333 g/mol. The molecular formula is C15H19N5O2S. The van der Waals surface area contributed by atoms with E-state index < -0.39 is 16.2 Å². The van der Waals surface area contributed by atoms with Crippen LogP contribution in [0.2, 0.25) is 0 Å². The van der Waals surface area contributed by atoms with Gasteiger partial charge in [-0.2, -0.15) is 11.1 Å². The molecule has 0 saturated carbocycles. The van der Waals surface area contributed by atoms with Gasteiger partial charge >= 0.3 is 0 Å². The van der Waals surface area contributed by atoms with Crippen molar-refractivity contribution >= 4 is 10.0 Å². The lowest BCUT2D eigenvalue weighted by atomic mass is 9.98. The number of sulfonamides is 1. The van der Waals surface area contributed by atoms with E-state index in [1.54, 1.807) is 6.07 Å². The van der Waals surface area contributed by atoms with Gasteiger partial charge < -0.3 is 0 Å². The molecule has 0 atom stereocenters. The maximum Gasteiger partial charge on any atom is 0.238 e. The van der Waals surface area contributed by atoms with E-state index in [9.17, 15) is 8.42 Å². The molecule has 1 aliphatic rings. The van der Waals surface area contributed by atoms with Crippen LogP contribution in [0, 0.1) is 0 Å². The van der Waals surface area contributed by atoms with Crippen molar-refractivity contribution in [3.05, 3.63) is 65.2 Å².